The summed E-state index contributed by atoms with van der Waals surface area (Å²) in [7, 11) is 0. The smallest absolute Gasteiger partial charge is 0.174 e. The third kappa shape index (κ3) is 3.24. The Balaban J connectivity index is 2.08. The van der Waals surface area contributed by atoms with Crippen LogP contribution in [-0.2, 0) is 6.42 Å². The molecular formula is C11H13N3OS2. The topological polar surface area (TPSA) is 58.9 Å². The molecule has 0 spiro atoms. The molecule has 0 amide bonds. The molecule has 0 aliphatic heterocycles. The van der Waals surface area contributed by atoms with Gasteiger partial charge in [-0.3, -0.25) is 4.98 Å². The molecule has 1 atom stereocenters. The normalized spacial score (nSPS) is 12.6. The van der Waals surface area contributed by atoms with Gasteiger partial charge >= 0.3 is 0 Å². The van der Waals surface area contributed by atoms with Gasteiger partial charge in [0.15, 0.2) is 4.34 Å². The van der Waals surface area contributed by atoms with Gasteiger partial charge < -0.3 is 5.11 Å². The minimum atomic E-state index is -0.526. The van der Waals surface area contributed by atoms with Gasteiger partial charge in [0, 0.05) is 17.5 Å². The lowest BCUT2D eigenvalue weighted by Gasteiger charge is -2.03. The number of pyridine rings is 1. The SMILES string of the molecule is CCc1nsc(Sc2ccc([C@H](C)O)nc2)n1. The first-order chi connectivity index (χ1) is 8.19. The number of aliphatic hydroxyl groups excluding tert-OH is 1. The summed E-state index contributed by atoms with van der Waals surface area (Å²) in [5, 5.41) is 9.35. The predicted octanol–water partition coefficient (Wildman–Crippen LogP) is 2.70. The molecule has 0 aliphatic rings. The van der Waals surface area contributed by atoms with Gasteiger partial charge in [-0.25, -0.2) is 4.98 Å². The van der Waals surface area contributed by atoms with Crippen LogP contribution in [-0.4, -0.2) is 19.4 Å². The van der Waals surface area contributed by atoms with Crippen molar-refractivity contribution in [1.82, 2.24) is 14.3 Å². The average Bonchev–Trinajstić information content (AvgIpc) is 2.77. The van der Waals surface area contributed by atoms with Crippen molar-refractivity contribution < 1.29 is 5.11 Å². The summed E-state index contributed by atoms with van der Waals surface area (Å²) in [6.07, 6.45) is 2.08. The first-order valence-electron chi connectivity index (χ1n) is 5.33. The van der Waals surface area contributed by atoms with E-state index >= 15 is 0 Å². The lowest BCUT2D eigenvalue weighted by atomic mass is 10.2. The molecule has 0 saturated heterocycles. The van der Waals surface area contributed by atoms with Crippen molar-refractivity contribution in [3.8, 4) is 0 Å². The van der Waals surface area contributed by atoms with E-state index in [1.165, 1.54) is 11.5 Å². The Morgan fingerprint density at radius 1 is 1.47 bits per heavy atom. The Morgan fingerprint density at radius 3 is 2.82 bits per heavy atom. The van der Waals surface area contributed by atoms with Crippen LogP contribution < -0.4 is 0 Å². The van der Waals surface area contributed by atoms with Gasteiger partial charge in [-0.05, 0) is 30.6 Å². The van der Waals surface area contributed by atoms with Gasteiger partial charge in [0.1, 0.15) is 5.82 Å². The van der Waals surface area contributed by atoms with Crippen LogP contribution in [0.2, 0.25) is 0 Å². The molecule has 0 unspecified atom stereocenters. The molecule has 2 rings (SSSR count). The van der Waals surface area contributed by atoms with Crippen molar-refractivity contribution >= 4 is 23.3 Å². The fourth-order valence-corrected chi connectivity index (χ4v) is 2.87. The van der Waals surface area contributed by atoms with Gasteiger partial charge in [-0.1, -0.05) is 18.7 Å². The van der Waals surface area contributed by atoms with Crippen LogP contribution in [0.15, 0.2) is 27.6 Å². The van der Waals surface area contributed by atoms with Gasteiger partial charge in [-0.15, -0.1) is 0 Å². The Hall–Kier alpha value is -0.980. The zero-order valence-electron chi connectivity index (χ0n) is 9.62. The third-order valence-corrected chi connectivity index (χ3v) is 3.92. The molecule has 6 heteroatoms. The van der Waals surface area contributed by atoms with E-state index in [1.807, 2.05) is 19.1 Å². The van der Waals surface area contributed by atoms with E-state index in [2.05, 4.69) is 14.3 Å². The van der Waals surface area contributed by atoms with E-state index in [-0.39, 0.29) is 0 Å². The second-order valence-corrected chi connectivity index (χ2v) is 5.60. The molecule has 0 radical (unpaired) electrons. The lowest BCUT2D eigenvalue weighted by molar-refractivity contribution is 0.194. The second kappa shape index (κ2) is 5.57. The van der Waals surface area contributed by atoms with Gasteiger partial charge in [0.2, 0.25) is 0 Å². The standard InChI is InChI=1S/C11H13N3OS2/c1-3-10-13-11(17-14-10)16-8-4-5-9(7(2)15)12-6-8/h4-7,15H,3H2,1-2H3/t7-/m0/s1. The van der Waals surface area contributed by atoms with Gasteiger partial charge in [0.25, 0.3) is 0 Å². The van der Waals surface area contributed by atoms with Crippen molar-refractivity contribution in [2.24, 2.45) is 0 Å². The van der Waals surface area contributed by atoms with Crippen LogP contribution in [0.5, 0.6) is 0 Å². The monoisotopic (exact) mass is 267 g/mol. The molecule has 1 N–H and O–H groups in total. The molecule has 0 saturated carbocycles. The predicted molar refractivity (Wildman–Crippen MR) is 68.3 cm³/mol. The van der Waals surface area contributed by atoms with Crippen LogP contribution in [0.4, 0.5) is 0 Å². The molecule has 90 valence electrons. The highest BCUT2D eigenvalue weighted by atomic mass is 32.2. The molecule has 0 bridgehead atoms. The lowest BCUT2D eigenvalue weighted by Crippen LogP contribution is -1.94. The van der Waals surface area contributed by atoms with E-state index in [4.69, 9.17) is 0 Å². The van der Waals surface area contributed by atoms with Crippen LogP contribution >= 0.6 is 23.3 Å². The van der Waals surface area contributed by atoms with E-state index < -0.39 is 6.10 Å². The number of nitrogens with zero attached hydrogens (tertiary/aromatic N) is 3. The first kappa shape index (κ1) is 12.5. The summed E-state index contributed by atoms with van der Waals surface area (Å²) in [5.41, 5.74) is 0.681. The zero-order valence-corrected chi connectivity index (χ0v) is 11.3. The summed E-state index contributed by atoms with van der Waals surface area (Å²) in [4.78, 5) is 9.57. The third-order valence-electron chi connectivity index (χ3n) is 2.16. The zero-order chi connectivity index (χ0) is 12.3. The van der Waals surface area contributed by atoms with E-state index in [0.717, 1.165) is 21.5 Å². The highest BCUT2D eigenvalue weighted by Gasteiger charge is 2.06. The number of aromatic nitrogens is 3. The van der Waals surface area contributed by atoms with E-state index in [9.17, 15) is 5.11 Å². The maximum absolute atomic E-state index is 9.35. The quantitative estimate of drug-likeness (QED) is 0.923. The Bertz CT molecular complexity index is 482. The maximum Gasteiger partial charge on any atom is 0.174 e. The molecule has 0 aromatic carbocycles. The first-order valence-corrected chi connectivity index (χ1v) is 6.92. The number of aliphatic hydroxyl groups is 1. The number of hydrogen-bond acceptors (Lipinski definition) is 6. The van der Waals surface area contributed by atoms with E-state index in [0.29, 0.717) is 5.69 Å². The summed E-state index contributed by atoms with van der Waals surface area (Å²) < 4.78 is 5.15. The molecular weight excluding hydrogens is 254 g/mol. The van der Waals surface area contributed by atoms with Crippen molar-refractivity contribution in [2.75, 3.05) is 0 Å². The Morgan fingerprint density at radius 2 is 2.29 bits per heavy atom. The minimum absolute atomic E-state index is 0.526. The van der Waals surface area contributed by atoms with Crippen molar-refractivity contribution in [3.05, 3.63) is 29.8 Å². The number of aryl methyl sites for hydroxylation is 1. The molecule has 17 heavy (non-hydrogen) atoms. The fraction of sp³-hybridized carbons (Fsp3) is 0.364. The summed E-state index contributed by atoms with van der Waals surface area (Å²) in [5.74, 6) is 0.881. The summed E-state index contributed by atoms with van der Waals surface area (Å²) >= 11 is 2.95. The molecule has 2 heterocycles. The van der Waals surface area contributed by atoms with Crippen molar-refractivity contribution in [1.29, 1.82) is 0 Å². The van der Waals surface area contributed by atoms with Crippen LogP contribution in [0, 0.1) is 0 Å². The van der Waals surface area contributed by atoms with Gasteiger partial charge in [-0.2, -0.15) is 4.37 Å². The average molecular weight is 267 g/mol. The highest BCUT2D eigenvalue weighted by Crippen LogP contribution is 2.28. The van der Waals surface area contributed by atoms with Crippen molar-refractivity contribution in [2.45, 2.75) is 35.6 Å². The van der Waals surface area contributed by atoms with Crippen LogP contribution in [0.25, 0.3) is 0 Å². The van der Waals surface area contributed by atoms with Crippen LogP contribution in [0.3, 0.4) is 0 Å². The summed E-state index contributed by atoms with van der Waals surface area (Å²) in [6, 6.07) is 3.77. The summed E-state index contributed by atoms with van der Waals surface area (Å²) in [6.45, 7) is 3.74. The number of hydrogen-bond donors (Lipinski definition) is 1. The Labute approximate surface area is 108 Å². The highest BCUT2D eigenvalue weighted by molar-refractivity contribution is 8.01. The molecule has 4 nitrogen and oxygen atoms in total. The Kier molecular flexibility index (Phi) is 4.09. The van der Waals surface area contributed by atoms with Crippen molar-refractivity contribution in [3.63, 3.8) is 0 Å². The molecule has 2 aromatic rings. The number of rotatable bonds is 4. The molecule has 0 fully saturated rings. The minimum Gasteiger partial charge on any atom is -0.387 e. The maximum atomic E-state index is 9.35. The molecule has 0 aliphatic carbocycles. The van der Waals surface area contributed by atoms with Gasteiger partial charge in [0.05, 0.1) is 11.8 Å². The fourth-order valence-electron chi connectivity index (χ4n) is 1.22. The van der Waals surface area contributed by atoms with Crippen LogP contribution in [0.1, 0.15) is 31.5 Å². The molecule has 2 aromatic heterocycles. The van der Waals surface area contributed by atoms with E-state index in [1.54, 1.807) is 24.9 Å². The largest absolute Gasteiger partial charge is 0.387 e. The second-order valence-electron chi connectivity index (χ2n) is 3.53.